The van der Waals surface area contributed by atoms with Crippen molar-refractivity contribution in [2.45, 2.75) is 6.42 Å². The lowest BCUT2D eigenvalue weighted by Crippen LogP contribution is -2.47. The number of hydrogen-bond donors (Lipinski definition) is 4. The Balaban J connectivity index is 2.24. The molecule has 0 aromatic rings. The molecule has 15 heavy (non-hydrogen) atoms. The molecule has 6 heteroatoms. The van der Waals surface area contributed by atoms with Crippen molar-refractivity contribution < 1.29 is 9.59 Å². The molecule has 0 radical (unpaired) electrons. The number of hydrazine groups is 2. The summed E-state index contributed by atoms with van der Waals surface area (Å²) >= 11 is 0. The van der Waals surface area contributed by atoms with Gasteiger partial charge in [-0.25, -0.2) is 11.7 Å². The number of hydrogen-bond acceptors (Lipinski definition) is 4. The van der Waals surface area contributed by atoms with Crippen LogP contribution in [0.25, 0.3) is 0 Å². The predicted molar refractivity (Wildman–Crippen MR) is 52.4 cm³/mol. The molecule has 0 spiro atoms. The number of amides is 2. The molecule has 0 saturated heterocycles. The molecule has 0 aliphatic heterocycles. The van der Waals surface area contributed by atoms with Crippen LogP contribution in [0.3, 0.4) is 0 Å². The van der Waals surface area contributed by atoms with Gasteiger partial charge in [-0.2, -0.15) is 0 Å². The molecule has 82 valence electrons. The van der Waals surface area contributed by atoms with E-state index in [4.69, 9.17) is 11.7 Å². The summed E-state index contributed by atoms with van der Waals surface area (Å²) in [5.74, 6) is 9.08. The molecule has 4 atom stereocenters. The number of carbonyl (C=O) groups excluding carboxylic acids is 2. The molecule has 2 rings (SSSR count). The van der Waals surface area contributed by atoms with E-state index >= 15 is 0 Å². The van der Waals surface area contributed by atoms with E-state index in [1.54, 1.807) is 0 Å². The molecule has 0 aromatic carbocycles. The van der Waals surface area contributed by atoms with Gasteiger partial charge >= 0.3 is 0 Å². The number of carbonyl (C=O) groups is 2. The molecule has 2 amide bonds. The van der Waals surface area contributed by atoms with Crippen molar-refractivity contribution in [1.82, 2.24) is 10.9 Å². The zero-order valence-electron chi connectivity index (χ0n) is 8.14. The molecule has 2 bridgehead atoms. The summed E-state index contributed by atoms with van der Waals surface area (Å²) in [5.41, 5.74) is 4.21. The van der Waals surface area contributed by atoms with Crippen molar-refractivity contribution in [2.24, 2.45) is 35.4 Å². The minimum atomic E-state index is -0.381. The minimum absolute atomic E-state index is 0.112. The van der Waals surface area contributed by atoms with Gasteiger partial charge in [0.1, 0.15) is 0 Å². The lowest BCUT2D eigenvalue weighted by Gasteiger charge is -2.24. The van der Waals surface area contributed by atoms with Gasteiger partial charge in [-0.1, -0.05) is 12.2 Å². The first-order valence-corrected chi connectivity index (χ1v) is 4.88. The second-order valence-electron chi connectivity index (χ2n) is 4.02. The van der Waals surface area contributed by atoms with Crippen LogP contribution in [0.4, 0.5) is 0 Å². The van der Waals surface area contributed by atoms with Gasteiger partial charge in [0.2, 0.25) is 11.8 Å². The van der Waals surface area contributed by atoms with E-state index in [1.165, 1.54) is 0 Å². The second-order valence-corrected chi connectivity index (χ2v) is 4.02. The van der Waals surface area contributed by atoms with Crippen LogP contribution in [0.2, 0.25) is 0 Å². The zero-order valence-corrected chi connectivity index (χ0v) is 8.14. The molecular weight excluding hydrogens is 196 g/mol. The largest absolute Gasteiger partial charge is 0.294 e. The highest BCUT2D eigenvalue weighted by Gasteiger charge is 2.51. The van der Waals surface area contributed by atoms with Crippen LogP contribution in [0, 0.1) is 23.7 Å². The molecule has 6 N–H and O–H groups in total. The fraction of sp³-hybridized carbons (Fsp3) is 0.556. The smallest absolute Gasteiger partial charge is 0.238 e. The molecule has 1 saturated carbocycles. The highest BCUT2D eigenvalue weighted by Crippen LogP contribution is 2.47. The number of nitrogens with one attached hydrogen (secondary N) is 2. The molecule has 2 aliphatic rings. The summed E-state index contributed by atoms with van der Waals surface area (Å²) < 4.78 is 0. The standard InChI is InChI=1S/C9H14N4O2/c10-12-8(14)6-4-1-2-5(3-4)7(6)9(15)13-11/h1-2,4-7H,3,10-11H2,(H,12,14)(H,13,15)/t4-,5+,6-,7-/m0/s1. The summed E-state index contributed by atoms with van der Waals surface area (Å²) in [5, 5.41) is 0. The third-order valence-corrected chi connectivity index (χ3v) is 3.35. The van der Waals surface area contributed by atoms with Gasteiger partial charge in [0.05, 0.1) is 11.8 Å². The van der Waals surface area contributed by atoms with Crippen LogP contribution in [0.1, 0.15) is 6.42 Å². The van der Waals surface area contributed by atoms with Gasteiger partial charge in [0.15, 0.2) is 0 Å². The Kier molecular flexibility index (Phi) is 2.45. The van der Waals surface area contributed by atoms with Gasteiger partial charge in [0, 0.05) is 0 Å². The maximum Gasteiger partial charge on any atom is 0.238 e. The Morgan fingerprint density at radius 1 is 1.00 bits per heavy atom. The predicted octanol–water partition coefficient (Wildman–Crippen LogP) is -1.60. The first kappa shape index (κ1) is 10.1. The van der Waals surface area contributed by atoms with E-state index in [0.717, 1.165) is 6.42 Å². The van der Waals surface area contributed by atoms with Crippen LogP contribution in [0.5, 0.6) is 0 Å². The van der Waals surface area contributed by atoms with Crippen molar-refractivity contribution in [3.05, 3.63) is 12.2 Å². The van der Waals surface area contributed by atoms with E-state index in [1.807, 2.05) is 12.2 Å². The number of rotatable bonds is 2. The Hall–Kier alpha value is -1.40. The van der Waals surface area contributed by atoms with Crippen LogP contribution < -0.4 is 22.5 Å². The fourth-order valence-corrected chi connectivity index (χ4v) is 2.73. The topological polar surface area (TPSA) is 110 Å². The van der Waals surface area contributed by atoms with E-state index < -0.39 is 0 Å². The van der Waals surface area contributed by atoms with Crippen molar-refractivity contribution in [2.75, 3.05) is 0 Å². The van der Waals surface area contributed by atoms with Gasteiger partial charge in [-0.3, -0.25) is 20.4 Å². The summed E-state index contributed by atoms with van der Waals surface area (Å²) in [6.45, 7) is 0. The molecule has 0 aromatic heterocycles. The third-order valence-electron chi connectivity index (χ3n) is 3.35. The first-order chi connectivity index (χ1) is 7.19. The van der Waals surface area contributed by atoms with Gasteiger partial charge in [0.25, 0.3) is 0 Å². The average Bonchev–Trinajstić information content (AvgIpc) is 2.86. The SMILES string of the molecule is NNC(=O)[C@@H]1[C@@H](C(=O)NN)[C@H]2C=C[C@@H]1C2. The van der Waals surface area contributed by atoms with E-state index in [0.29, 0.717) is 0 Å². The quantitative estimate of drug-likeness (QED) is 0.190. The lowest BCUT2D eigenvalue weighted by atomic mass is 9.82. The van der Waals surface area contributed by atoms with Gasteiger partial charge in [-0.15, -0.1) is 0 Å². The summed E-state index contributed by atoms with van der Waals surface area (Å²) in [4.78, 5) is 23.1. The Morgan fingerprint density at radius 3 is 1.73 bits per heavy atom. The summed E-state index contributed by atoms with van der Waals surface area (Å²) in [6.07, 6.45) is 4.78. The molecule has 0 unspecified atom stereocenters. The normalized spacial score (nSPS) is 36.7. The number of fused-ring (bicyclic) bond motifs is 2. The Bertz CT molecular complexity index is 298. The fourth-order valence-electron chi connectivity index (χ4n) is 2.73. The molecule has 0 heterocycles. The number of allylic oxidation sites excluding steroid dienone is 2. The third kappa shape index (κ3) is 1.42. The van der Waals surface area contributed by atoms with Gasteiger partial charge in [-0.05, 0) is 18.3 Å². The highest BCUT2D eigenvalue weighted by atomic mass is 16.2. The van der Waals surface area contributed by atoms with Crippen molar-refractivity contribution >= 4 is 11.8 Å². The van der Waals surface area contributed by atoms with Crippen LogP contribution in [0.15, 0.2) is 12.2 Å². The second kappa shape index (κ2) is 3.63. The van der Waals surface area contributed by atoms with Crippen LogP contribution in [-0.2, 0) is 9.59 Å². The number of nitrogens with two attached hydrogens (primary N) is 2. The highest BCUT2D eigenvalue weighted by molar-refractivity contribution is 5.89. The van der Waals surface area contributed by atoms with Crippen molar-refractivity contribution in [1.29, 1.82) is 0 Å². The van der Waals surface area contributed by atoms with Crippen LogP contribution >= 0.6 is 0 Å². The van der Waals surface area contributed by atoms with Gasteiger partial charge < -0.3 is 0 Å². The summed E-state index contributed by atoms with van der Waals surface area (Å²) in [6, 6.07) is 0. The lowest BCUT2D eigenvalue weighted by molar-refractivity contribution is -0.135. The first-order valence-electron chi connectivity index (χ1n) is 4.88. The Labute approximate surface area is 87.0 Å². The molecule has 6 nitrogen and oxygen atoms in total. The molecular formula is C9H14N4O2. The molecule has 1 fully saturated rings. The van der Waals surface area contributed by atoms with E-state index in [2.05, 4.69) is 10.9 Å². The van der Waals surface area contributed by atoms with E-state index in [-0.39, 0.29) is 35.5 Å². The van der Waals surface area contributed by atoms with E-state index in [9.17, 15) is 9.59 Å². The van der Waals surface area contributed by atoms with Crippen LogP contribution in [-0.4, -0.2) is 11.8 Å². The Morgan fingerprint density at radius 2 is 1.40 bits per heavy atom. The summed E-state index contributed by atoms with van der Waals surface area (Å²) in [7, 11) is 0. The van der Waals surface area contributed by atoms with Crippen molar-refractivity contribution in [3.8, 4) is 0 Å². The molecule has 2 aliphatic carbocycles. The minimum Gasteiger partial charge on any atom is -0.294 e. The average molecular weight is 210 g/mol. The monoisotopic (exact) mass is 210 g/mol. The zero-order chi connectivity index (χ0) is 11.0. The maximum absolute atomic E-state index is 11.5. The maximum atomic E-state index is 11.5. The van der Waals surface area contributed by atoms with Crippen molar-refractivity contribution in [3.63, 3.8) is 0 Å².